The molecule has 1 aliphatic rings. The Morgan fingerprint density at radius 1 is 1.28 bits per heavy atom. The molecule has 0 aromatic heterocycles. The molecule has 0 atom stereocenters. The fraction of sp³-hybridized carbons (Fsp3) is 0.400. The van der Waals surface area contributed by atoms with Crippen molar-refractivity contribution in [1.29, 1.82) is 5.26 Å². The minimum atomic E-state index is -0.405. The molecule has 0 bridgehead atoms. The van der Waals surface area contributed by atoms with E-state index in [-0.39, 0.29) is 5.56 Å². The smallest absolute Gasteiger partial charge is 0.141 e. The second kappa shape index (κ2) is 6.02. The van der Waals surface area contributed by atoms with Crippen LogP contribution in [0.5, 0.6) is 0 Å². The van der Waals surface area contributed by atoms with Crippen LogP contribution in [0.4, 0.5) is 4.39 Å². The van der Waals surface area contributed by atoms with Crippen molar-refractivity contribution in [2.75, 3.05) is 0 Å². The maximum absolute atomic E-state index is 13.6. The minimum absolute atomic E-state index is 0.123. The first-order valence-electron chi connectivity index (χ1n) is 6.21. The molecule has 0 saturated heterocycles. The monoisotopic (exact) mass is 263 g/mol. The number of hydrogen-bond acceptors (Lipinski definition) is 1. The first-order valence-corrected chi connectivity index (χ1v) is 6.64. The summed E-state index contributed by atoms with van der Waals surface area (Å²) in [5.74, 6) is 0.562. The number of halogens is 2. The van der Waals surface area contributed by atoms with Crippen LogP contribution in [0.2, 0.25) is 0 Å². The van der Waals surface area contributed by atoms with Crippen LogP contribution in [0.15, 0.2) is 29.8 Å². The van der Waals surface area contributed by atoms with Crippen LogP contribution in [0.25, 0.3) is 0 Å². The fourth-order valence-corrected chi connectivity index (χ4v) is 2.83. The first-order chi connectivity index (χ1) is 8.74. The van der Waals surface area contributed by atoms with E-state index in [2.05, 4.69) is 0 Å². The summed E-state index contributed by atoms with van der Waals surface area (Å²) >= 11 is 5.58. The molecule has 1 saturated carbocycles. The second-order valence-corrected chi connectivity index (χ2v) is 5.03. The van der Waals surface area contributed by atoms with Crippen molar-refractivity contribution in [3.05, 3.63) is 46.8 Å². The number of nitriles is 1. The average Bonchev–Trinajstić information content (AvgIpc) is 2.40. The zero-order valence-corrected chi connectivity index (χ0v) is 10.8. The summed E-state index contributed by atoms with van der Waals surface area (Å²) in [6, 6.07) is 6.82. The van der Waals surface area contributed by atoms with Crippen LogP contribution in [0.3, 0.4) is 0 Å². The molecule has 1 fully saturated rings. The third-order valence-corrected chi connectivity index (χ3v) is 3.85. The van der Waals surface area contributed by atoms with Crippen molar-refractivity contribution in [3.63, 3.8) is 0 Å². The van der Waals surface area contributed by atoms with E-state index in [0.29, 0.717) is 11.8 Å². The summed E-state index contributed by atoms with van der Waals surface area (Å²) in [5.41, 5.74) is 2.73. The van der Waals surface area contributed by atoms with Gasteiger partial charge in [-0.25, -0.2) is 4.39 Å². The van der Waals surface area contributed by atoms with E-state index in [1.807, 2.05) is 18.2 Å². The number of benzene rings is 1. The standard InChI is InChI=1S/C15H15ClFN/c16-8-7-11-1-3-12(4-2-11)13-5-6-14(10-18)15(17)9-13/h5-9,11-12H,1-4H2/b8-7+/t11-,12-. The quantitative estimate of drug-likeness (QED) is 0.757. The topological polar surface area (TPSA) is 23.8 Å². The molecule has 0 N–H and O–H groups in total. The molecule has 18 heavy (non-hydrogen) atoms. The van der Waals surface area contributed by atoms with E-state index in [0.717, 1.165) is 31.2 Å². The van der Waals surface area contributed by atoms with Crippen molar-refractivity contribution in [2.24, 2.45) is 5.92 Å². The van der Waals surface area contributed by atoms with Gasteiger partial charge in [-0.05, 0) is 55.2 Å². The van der Waals surface area contributed by atoms with E-state index in [9.17, 15) is 4.39 Å². The molecular weight excluding hydrogens is 249 g/mol. The summed E-state index contributed by atoms with van der Waals surface area (Å²) in [7, 11) is 0. The Balaban J connectivity index is 2.06. The third kappa shape index (κ3) is 2.91. The molecule has 0 amide bonds. The molecule has 1 aliphatic carbocycles. The zero-order chi connectivity index (χ0) is 13.0. The highest BCUT2D eigenvalue weighted by Gasteiger charge is 2.21. The lowest BCUT2D eigenvalue weighted by Crippen LogP contribution is -2.11. The van der Waals surface area contributed by atoms with E-state index in [1.54, 1.807) is 11.6 Å². The average molecular weight is 264 g/mol. The first kappa shape index (κ1) is 13.1. The minimum Gasteiger partial charge on any atom is -0.206 e. The van der Waals surface area contributed by atoms with E-state index in [4.69, 9.17) is 16.9 Å². The predicted octanol–water partition coefficient (Wildman–Crippen LogP) is 4.72. The fourth-order valence-electron chi connectivity index (χ4n) is 2.62. The lowest BCUT2D eigenvalue weighted by atomic mass is 9.78. The molecule has 1 aromatic carbocycles. The molecule has 0 radical (unpaired) electrons. The van der Waals surface area contributed by atoms with Gasteiger partial charge in [0, 0.05) is 5.54 Å². The molecule has 2 rings (SSSR count). The lowest BCUT2D eigenvalue weighted by Gasteiger charge is -2.27. The zero-order valence-electron chi connectivity index (χ0n) is 10.1. The van der Waals surface area contributed by atoms with Gasteiger partial charge in [-0.15, -0.1) is 0 Å². The summed E-state index contributed by atoms with van der Waals surface area (Å²) < 4.78 is 13.6. The maximum atomic E-state index is 13.6. The van der Waals surface area contributed by atoms with Crippen LogP contribution < -0.4 is 0 Å². The van der Waals surface area contributed by atoms with Gasteiger partial charge in [0.15, 0.2) is 0 Å². The van der Waals surface area contributed by atoms with Gasteiger partial charge >= 0.3 is 0 Å². The van der Waals surface area contributed by atoms with Gasteiger partial charge in [0.05, 0.1) is 5.56 Å². The Morgan fingerprint density at radius 2 is 2.00 bits per heavy atom. The summed E-state index contributed by atoms with van der Waals surface area (Å²) in [5, 5.41) is 8.70. The normalized spacial score (nSPS) is 24.1. The molecule has 1 nitrogen and oxygen atoms in total. The van der Waals surface area contributed by atoms with E-state index < -0.39 is 5.82 Å². The van der Waals surface area contributed by atoms with Gasteiger partial charge in [-0.2, -0.15) is 5.26 Å². The summed E-state index contributed by atoms with van der Waals surface area (Å²) in [6.45, 7) is 0. The molecular formula is C15H15ClFN. The highest BCUT2D eigenvalue weighted by atomic mass is 35.5. The van der Waals surface area contributed by atoms with Crippen LogP contribution in [0, 0.1) is 23.1 Å². The van der Waals surface area contributed by atoms with E-state index in [1.165, 1.54) is 6.07 Å². The van der Waals surface area contributed by atoms with Crippen molar-refractivity contribution in [1.82, 2.24) is 0 Å². The highest BCUT2D eigenvalue weighted by molar-refractivity contribution is 6.25. The van der Waals surface area contributed by atoms with Crippen molar-refractivity contribution in [3.8, 4) is 6.07 Å². The van der Waals surface area contributed by atoms with Crippen LogP contribution >= 0.6 is 11.6 Å². The van der Waals surface area contributed by atoms with Gasteiger partial charge in [0.1, 0.15) is 11.9 Å². The molecule has 0 heterocycles. The molecule has 94 valence electrons. The number of allylic oxidation sites excluding steroid dienone is 1. The largest absolute Gasteiger partial charge is 0.206 e. The maximum Gasteiger partial charge on any atom is 0.141 e. The van der Waals surface area contributed by atoms with Crippen molar-refractivity contribution >= 4 is 11.6 Å². The Labute approximate surface area is 112 Å². The van der Waals surface area contributed by atoms with Gasteiger partial charge in [0.2, 0.25) is 0 Å². The lowest BCUT2D eigenvalue weighted by molar-refractivity contribution is 0.375. The molecule has 0 aliphatic heterocycles. The molecule has 1 aromatic rings. The van der Waals surface area contributed by atoms with Crippen LogP contribution in [0.1, 0.15) is 42.7 Å². The van der Waals surface area contributed by atoms with Crippen molar-refractivity contribution < 1.29 is 4.39 Å². The Morgan fingerprint density at radius 3 is 2.56 bits per heavy atom. The van der Waals surface area contributed by atoms with Gasteiger partial charge < -0.3 is 0 Å². The van der Waals surface area contributed by atoms with Gasteiger partial charge in [-0.3, -0.25) is 0 Å². The van der Waals surface area contributed by atoms with Gasteiger partial charge in [-0.1, -0.05) is 23.7 Å². The van der Waals surface area contributed by atoms with Crippen molar-refractivity contribution in [2.45, 2.75) is 31.6 Å². The Kier molecular flexibility index (Phi) is 4.38. The third-order valence-electron chi connectivity index (χ3n) is 3.70. The number of hydrogen-bond donors (Lipinski definition) is 0. The molecule has 0 spiro atoms. The summed E-state index contributed by atoms with van der Waals surface area (Å²) in [4.78, 5) is 0. The second-order valence-electron chi connectivity index (χ2n) is 4.78. The summed E-state index contributed by atoms with van der Waals surface area (Å²) in [6.07, 6.45) is 6.33. The van der Waals surface area contributed by atoms with Crippen LogP contribution in [-0.4, -0.2) is 0 Å². The number of nitrogens with zero attached hydrogens (tertiary/aromatic N) is 1. The number of rotatable bonds is 2. The molecule has 3 heteroatoms. The van der Waals surface area contributed by atoms with Crippen LogP contribution in [-0.2, 0) is 0 Å². The Bertz CT molecular complexity index is 482. The van der Waals surface area contributed by atoms with E-state index >= 15 is 0 Å². The highest BCUT2D eigenvalue weighted by Crippen LogP contribution is 2.36. The SMILES string of the molecule is N#Cc1ccc([C@H]2CC[C@H](/C=C/Cl)CC2)cc1F. The Hall–Kier alpha value is -1.33. The molecule has 0 unspecified atom stereocenters. The predicted molar refractivity (Wildman–Crippen MR) is 70.8 cm³/mol. The van der Waals surface area contributed by atoms with Gasteiger partial charge in [0.25, 0.3) is 0 Å².